The van der Waals surface area contributed by atoms with Crippen LogP contribution in [-0.4, -0.2) is 18.1 Å². The first-order valence-corrected chi connectivity index (χ1v) is 5.34. The van der Waals surface area contributed by atoms with Gasteiger partial charge in [0.1, 0.15) is 0 Å². The first kappa shape index (κ1) is 11.3. The summed E-state index contributed by atoms with van der Waals surface area (Å²) in [5.41, 5.74) is 2.53. The number of methoxy groups -OCH3 is 1. The van der Waals surface area contributed by atoms with Crippen LogP contribution in [0.4, 0.5) is 5.69 Å². The van der Waals surface area contributed by atoms with Crippen LogP contribution in [0.5, 0.6) is 0 Å². The van der Waals surface area contributed by atoms with Gasteiger partial charge in [-0.15, -0.1) is 0 Å². The number of benzene rings is 1. The van der Waals surface area contributed by atoms with Crippen LogP contribution in [0.3, 0.4) is 0 Å². The van der Waals surface area contributed by atoms with Gasteiger partial charge in [0.05, 0.1) is 19.2 Å². The van der Waals surface area contributed by atoms with Crippen molar-refractivity contribution in [2.75, 3.05) is 12.4 Å². The fraction of sp³-hybridized carbons (Fsp3) is 0.154. The lowest BCUT2D eigenvalue weighted by Crippen LogP contribution is -2.03. The Morgan fingerprint density at radius 3 is 2.94 bits per heavy atom. The van der Waals surface area contributed by atoms with E-state index in [1.807, 2.05) is 30.5 Å². The number of nitrogens with one attached hydrogen (secondary N) is 2. The molecule has 17 heavy (non-hydrogen) atoms. The van der Waals surface area contributed by atoms with Crippen molar-refractivity contribution < 1.29 is 9.53 Å². The third kappa shape index (κ3) is 2.87. The predicted octanol–water partition coefficient (Wildman–Crippen LogP) is 2.41. The van der Waals surface area contributed by atoms with E-state index in [0.717, 1.165) is 11.4 Å². The zero-order chi connectivity index (χ0) is 12.1. The van der Waals surface area contributed by atoms with Gasteiger partial charge in [-0.25, -0.2) is 4.79 Å². The lowest BCUT2D eigenvalue weighted by molar-refractivity contribution is 0.0601. The van der Waals surface area contributed by atoms with Crippen LogP contribution in [0.25, 0.3) is 0 Å². The van der Waals surface area contributed by atoms with E-state index in [2.05, 4.69) is 15.0 Å². The lowest BCUT2D eigenvalue weighted by Gasteiger charge is -2.06. The average Bonchev–Trinajstić information content (AvgIpc) is 2.89. The number of ether oxygens (including phenoxy) is 1. The van der Waals surface area contributed by atoms with Gasteiger partial charge >= 0.3 is 5.97 Å². The van der Waals surface area contributed by atoms with Gasteiger partial charge in [-0.3, -0.25) is 0 Å². The van der Waals surface area contributed by atoms with Gasteiger partial charge < -0.3 is 15.0 Å². The molecule has 0 aliphatic heterocycles. The van der Waals surface area contributed by atoms with E-state index in [1.165, 1.54) is 7.11 Å². The molecule has 0 aliphatic rings. The zero-order valence-corrected chi connectivity index (χ0v) is 9.57. The number of rotatable bonds is 4. The second-order valence-corrected chi connectivity index (χ2v) is 3.62. The first-order valence-electron chi connectivity index (χ1n) is 5.34. The molecule has 4 heteroatoms. The van der Waals surface area contributed by atoms with Crippen LogP contribution in [0.1, 0.15) is 16.1 Å². The Morgan fingerprint density at radius 1 is 1.35 bits per heavy atom. The predicted molar refractivity (Wildman–Crippen MR) is 65.9 cm³/mol. The molecule has 2 aromatic rings. The number of anilines is 1. The summed E-state index contributed by atoms with van der Waals surface area (Å²) in [5.74, 6) is -0.325. The van der Waals surface area contributed by atoms with Gasteiger partial charge in [-0.05, 0) is 30.3 Å². The summed E-state index contributed by atoms with van der Waals surface area (Å²) in [7, 11) is 1.38. The van der Waals surface area contributed by atoms with Crippen molar-refractivity contribution in [3.8, 4) is 0 Å². The number of hydrogen-bond acceptors (Lipinski definition) is 3. The molecule has 0 saturated heterocycles. The van der Waals surface area contributed by atoms with Crippen molar-refractivity contribution in [1.82, 2.24) is 4.98 Å². The van der Waals surface area contributed by atoms with E-state index in [4.69, 9.17) is 0 Å². The van der Waals surface area contributed by atoms with Gasteiger partial charge in [0.2, 0.25) is 0 Å². The summed E-state index contributed by atoms with van der Waals surface area (Å²) in [6.45, 7) is 0.692. The fourth-order valence-corrected chi connectivity index (χ4v) is 1.55. The smallest absolute Gasteiger partial charge is 0.337 e. The molecule has 88 valence electrons. The highest BCUT2D eigenvalue weighted by molar-refractivity contribution is 5.90. The van der Waals surface area contributed by atoms with Gasteiger partial charge in [0.15, 0.2) is 0 Å². The molecule has 1 aromatic heterocycles. The summed E-state index contributed by atoms with van der Waals surface area (Å²) in [6.07, 6.45) is 1.88. The zero-order valence-electron chi connectivity index (χ0n) is 9.57. The third-order valence-corrected chi connectivity index (χ3v) is 2.43. The number of esters is 1. The SMILES string of the molecule is COC(=O)c1cccc(NCc2ccc[nH]2)c1. The van der Waals surface area contributed by atoms with Crippen LogP contribution >= 0.6 is 0 Å². The third-order valence-electron chi connectivity index (χ3n) is 2.43. The van der Waals surface area contributed by atoms with Crippen LogP contribution < -0.4 is 5.32 Å². The van der Waals surface area contributed by atoms with Crippen molar-refractivity contribution in [1.29, 1.82) is 0 Å². The number of aromatic amines is 1. The molecular weight excluding hydrogens is 216 g/mol. The maximum absolute atomic E-state index is 11.3. The minimum absolute atomic E-state index is 0.325. The molecule has 0 fully saturated rings. The van der Waals surface area contributed by atoms with Gasteiger partial charge in [0, 0.05) is 17.6 Å². The normalized spacial score (nSPS) is 9.94. The second kappa shape index (κ2) is 5.21. The molecule has 1 heterocycles. The summed E-state index contributed by atoms with van der Waals surface area (Å²) in [4.78, 5) is 14.4. The molecule has 2 rings (SSSR count). The maximum Gasteiger partial charge on any atom is 0.337 e. The molecule has 1 aromatic carbocycles. The highest BCUT2D eigenvalue weighted by Crippen LogP contribution is 2.12. The van der Waals surface area contributed by atoms with Crippen molar-refractivity contribution in [3.63, 3.8) is 0 Å². The molecule has 0 atom stereocenters. The molecule has 0 aliphatic carbocycles. The molecule has 0 amide bonds. The largest absolute Gasteiger partial charge is 0.465 e. The van der Waals surface area contributed by atoms with E-state index >= 15 is 0 Å². The van der Waals surface area contributed by atoms with Gasteiger partial charge in [-0.1, -0.05) is 6.07 Å². The number of carbonyl (C=O) groups is 1. The van der Waals surface area contributed by atoms with E-state index < -0.39 is 0 Å². The van der Waals surface area contributed by atoms with E-state index in [0.29, 0.717) is 12.1 Å². The number of aromatic nitrogens is 1. The summed E-state index contributed by atoms with van der Waals surface area (Å²) in [6, 6.07) is 11.2. The van der Waals surface area contributed by atoms with Crippen molar-refractivity contribution in [2.24, 2.45) is 0 Å². The van der Waals surface area contributed by atoms with Crippen molar-refractivity contribution >= 4 is 11.7 Å². The van der Waals surface area contributed by atoms with E-state index in [-0.39, 0.29) is 5.97 Å². The van der Waals surface area contributed by atoms with E-state index in [1.54, 1.807) is 12.1 Å². The summed E-state index contributed by atoms with van der Waals surface area (Å²) < 4.78 is 4.67. The van der Waals surface area contributed by atoms with Crippen molar-refractivity contribution in [2.45, 2.75) is 6.54 Å². The monoisotopic (exact) mass is 230 g/mol. The average molecular weight is 230 g/mol. The Balaban J connectivity index is 2.03. The molecule has 2 N–H and O–H groups in total. The Morgan fingerprint density at radius 2 is 2.24 bits per heavy atom. The Bertz CT molecular complexity index is 492. The number of H-pyrrole nitrogens is 1. The maximum atomic E-state index is 11.3. The van der Waals surface area contributed by atoms with E-state index in [9.17, 15) is 4.79 Å². The molecule has 4 nitrogen and oxygen atoms in total. The minimum Gasteiger partial charge on any atom is -0.465 e. The summed E-state index contributed by atoms with van der Waals surface area (Å²) in [5, 5.41) is 3.23. The van der Waals surface area contributed by atoms with Crippen LogP contribution in [0, 0.1) is 0 Å². The van der Waals surface area contributed by atoms with Gasteiger partial charge in [0.25, 0.3) is 0 Å². The molecule has 0 radical (unpaired) electrons. The number of carbonyl (C=O) groups excluding carboxylic acids is 1. The Kier molecular flexibility index (Phi) is 3.45. The highest BCUT2D eigenvalue weighted by atomic mass is 16.5. The standard InChI is InChI=1S/C13H14N2O2/c1-17-13(16)10-4-2-5-11(8-10)15-9-12-6-3-7-14-12/h2-8,14-15H,9H2,1H3. The van der Waals surface area contributed by atoms with Crippen molar-refractivity contribution in [3.05, 3.63) is 53.9 Å². The van der Waals surface area contributed by atoms with Crippen LogP contribution in [-0.2, 0) is 11.3 Å². The Labute approximate surface area is 99.6 Å². The van der Waals surface area contributed by atoms with Crippen LogP contribution in [0.2, 0.25) is 0 Å². The molecule has 0 saturated carbocycles. The summed E-state index contributed by atoms with van der Waals surface area (Å²) >= 11 is 0. The molecular formula is C13H14N2O2. The lowest BCUT2D eigenvalue weighted by atomic mass is 10.2. The highest BCUT2D eigenvalue weighted by Gasteiger charge is 2.05. The quantitative estimate of drug-likeness (QED) is 0.793. The second-order valence-electron chi connectivity index (χ2n) is 3.62. The van der Waals surface area contributed by atoms with Crippen LogP contribution in [0.15, 0.2) is 42.6 Å². The minimum atomic E-state index is -0.325. The molecule has 0 unspecified atom stereocenters. The fourth-order valence-electron chi connectivity index (χ4n) is 1.55. The molecule has 0 spiro atoms. The topological polar surface area (TPSA) is 54.1 Å². The number of hydrogen-bond donors (Lipinski definition) is 2. The molecule has 0 bridgehead atoms. The van der Waals surface area contributed by atoms with Gasteiger partial charge in [-0.2, -0.15) is 0 Å². The Hall–Kier alpha value is -2.23. The first-order chi connectivity index (χ1) is 8.29.